The van der Waals surface area contributed by atoms with Crippen LogP contribution in [0.1, 0.15) is 11.1 Å². The van der Waals surface area contributed by atoms with Gasteiger partial charge in [-0.25, -0.2) is 0 Å². The molecule has 0 aromatic heterocycles. The molecule has 0 unspecified atom stereocenters. The van der Waals surface area contributed by atoms with E-state index in [0.717, 1.165) is 16.9 Å². The van der Waals surface area contributed by atoms with Gasteiger partial charge in [-0.15, -0.1) is 0 Å². The van der Waals surface area contributed by atoms with Crippen LogP contribution in [0.15, 0.2) is 18.2 Å². The molecule has 1 aromatic carbocycles. The van der Waals surface area contributed by atoms with E-state index in [1.807, 2.05) is 25.1 Å². The number of rotatable bonds is 4. The number of ether oxygens (including phenoxy) is 1. The summed E-state index contributed by atoms with van der Waals surface area (Å²) in [4.78, 5) is 12.5. The van der Waals surface area contributed by atoms with Gasteiger partial charge in [0.2, 0.25) is 0 Å². The molecular weight excluding hydrogens is 216 g/mol. The molecule has 0 atom stereocenters. The summed E-state index contributed by atoms with van der Waals surface area (Å²) in [6.45, 7) is 2.51. The molecule has 4 heteroatoms. The third kappa shape index (κ3) is 3.49. The first-order valence-corrected chi connectivity index (χ1v) is 5.37. The highest BCUT2D eigenvalue weighted by molar-refractivity contribution is 5.90. The maximum atomic E-state index is 11.1. The minimum Gasteiger partial charge on any atom is -0.496 e. The second-order valence-electron chi connectivity index (χ2n) is 3.90. The van der Waals surface area contributed by atoms with Crippen LogP contribution in [0.4, 0.5) is 0 Å². The molecule has 4 nitrogen and oxygen atoms in total. The Bertz CT molecular complexity index is 449. The van der Waals surface area contributed by atoms with Gasteiger partial charge in [0.1, 0.15) is 5.75 Å². The van der Waals surface area contributed by atoms with Gasteiger partial charge in [-0.3, -0.25) is 4.79 Å². The number of carbonyl (C=O) groups is 1. The first-order valence-electron chi connectivity index (χ1n) is 5.37. The second-order valence-corrected chi connectivity index (χ2v) is 3.90. The van der Waals surface area contributed by atoms with Crippen molar-refractivity contribution in [3.8, 4) is 11.8 Å². The number of aryl methyl sites for hydroxylation is 1. The van der Waals surface area contributed by atoms with Crippen LogP contribution in [0, 0.1) is 18.3 Å². The maximum absolute atomic E-state index is 11.1. The van der Waals surface area contributed by atoms with Crippen molar-refractivity contribution in [2.45, 2.75) is 13.3 Å². The van der Waals surface area contributed by atoms with Crippen LogP contribution in [0.25, 0.3) is 0 Å². The van der Waals surface area contributed by atoms with Crippen LogP contribution in [0.5, 0.6) is 5.75 Å². The van der Waals surface area contributed by atoms with E-state index in [1.54, 1.807) is 20.2 Å². The molecule has 0 aliphatic heterocycles. The largest absolute Gasteiger partial charge is 0.496 e. The van der Waals surface area contributed by atoms with Crippen LogP contribution in [-0.4, -0.2) is 31.5 Å². The average Bonchev–Trinajstić information content (AvgIpc) is 2.35. The first-order chi connectivity index (χ1) is 8.08. The zero-order valence-corrected chi connectivity index (χ0v) is 10.4. The fourth-order valence-electron chi connectivity index (χ4n) is 1.58. The van der Waals surface area contributed by atoms with E-state index < -0.39 is 5.91 Å². The zero-order chi connectivity index (χ0) is 12.8. The van der Waals surface area contributed by atoms with Gasteiger partial charge >= 0.3 is 5.91 Å². The standard InChI is InChI=1S/C13H16N2O2/c1-10-4-5-12(17-3)11(8-10)6-7-15(2)13(16)9-14/h4-5,8H,6-7H2,1-3H3. The summed E-state index contributed by atoms with van der Waals surface area (Å²) in [6.07, 6.45) is 0.675. The lowest BCUT2D eigenvalue weighted by atomic mass is 10.1. The minimum absolute atomic E-state index is 0.506. The van der Waals surface area contributed by atoms with Crippen molar-refractivity contribution < 1.29 is 9.53 Å². The highest BCUT2D eigenvalue weighted by atomic mass is 16.5. The number of methoxy groups -OCH3 is 1. The highest BCUT2D eigenvalue weighted by Crippen LogP contribution is 2.20. The number of nitrogens with zero attached hydrogens (tertiary/aromatic N) is 2. The van der Waals surface area contributed by atoms with Gasteiger partial charge in [0.15, 0.2) is 6.07 Å². The summed E-state index contributed by atoms with van der Waals surface area (Å²) < 4.78 is 5.25. The SMILES string of the molecule is COc1ccc(C)cc1CCN(C)C(=O)C#N. The summed E-state index contributed by atoms with van der Waals surface area (Å²) in [7, 11) is 3.24. The number of nitriles is 1. The van der Waals surface area contributed by atoms with Crippen molar-refractivity contribution in [1.82, 2.24) is 4.90 Å². The highest BCUT2D eigenvalue weighted by Gasteiger charge is 2.09. The summed E-state index contributed by atoms with van der Waals surface area (Å²) in [5.74, 6) is 0.296. The quantitative estimate of drug-likeness (QED) is 0.740. The average molecular weight is 232 g/mol. The van der Waals surface area contributed by atoms with Crippen molar-refractivity contribution in [2.75, 3.05) is 20.7 Å². The number of likely N-dealkylation sites (N-methyl/N-ethyl adjacent to an activating group) is 1. The zero-order valence-electron chi connectivity index (χ0n) is 10.4. The Balaban J connectivity index is 2.72. The summed E-state index contributed by atoms with van der Waals surface area (Å²) >= 11 is 0. The van der Waals surface area contributed by atoms with Gasteiger partial charge in [0.25, 0.3) is 0 Å². The van der Waals surface area contributed by atoms with Crippen LogP contribution in [0.2, 0.25) is 0 Å². The Morgan fingerprint density at radius 2 is 2.24 bits per heavy atom. The molecule has 1 amide bonds. The van der Waals surface area contributed by atoms with Gasteiger partial charge in [-0.2, -0.15) is 5.26 Å². The minimum atomic E-state index is -0.517. The molecule has 0 radical (unpaired) electrons. The van der Waals surface area contributed by atoms with Crippen molar-refractivity contribution in [1.29, 1.82) is 5.26 Å². The van der Waals surface area contributed by atoms with Crippen LogP contribution < -0.4 is 4.74 Å². The Morgan fingerprint density at radius 3 is 2.82 bits per heavy atom. The van der Waals surface area contributed by atoms with Gasteiger partial charge < -0.3 is 9.64 Å². The fourth-order valence-corrected chi connectivity index (χ4v) is 1.58. The smallest absolute Gasteiger partial charge is 0.324 e. The third-order valence-electron chi connectivity index (χ3n) is 2.59. The molecule has 0 spiro atoms. The van der Waals surface area contributed by atoms with E-state index in [1.165, 1.54) is 4.90 Å². The molecule has 0 heterocycles. The van der Waals surface area contributed by atoms with Crippen molar-refractivity contribution in [2.24, 2.45) is 0 Å². The normalized spacial score (nSPS) is 9.53. The van der Waals surface area contributed by atoms with E-state index in [9.17, 15) is 4.79 Å². The Morgan fingerprint density at radius 1 is 1.53 bits per heavy atom. The number of carbonyl (C=O) groups excluding carboxylic acids is 1. The monoisotopic (exact) mass is 232 g/mol. The third-order valence-corrected chi connectivity index (χ3v) is 2.59. The van der Waals surface area contributed by atoms with Gasteiger partial charge in [0.05, 0.1) is 7.11 Å². The lowest BCUT2D eigenvalue weighted by Crippen LogP contribution is -2.27. The van der Waals surface area contributed by atoms with Crippen LogP contribution >= 0.6 is 0 Å². The van der Waals surface area contributed by atoms with Gasteiger partial charge in [-0.05, 0) is 25.0 Å². The molecule has 0 aliphatic carbocycles. The topological polar surface area (TPSA) is 53.3 Å². The lowest BCUT2D eigenvalue weighted by Gasteiger charge is -2.15. The fraction of sp³-hybridized carbons (Fsp3) is 0.385. The maximum Gasteiger partial charge on any atom is 0.324 e. The van der Waals surface area contributed by atoms with E-state index in [2.05, 4.69) is 0 Å². The van der Waals surface area contributed by atoms with Crippen LogP contribution in [0.3, 0.4) is 0 Å². The predicted octanol–water partition coefficient (Wildman–Crippen LogP) is 1.53. The molecule has 0 N–H and O–H groups in total. The van der Waals surface area contributed by atoms with E-state index in [0.29, 0.717) is 13.0 Å². The lowest BCUT2D eigenvalue weighted by molar-refractivity contribution is -0.124. The summed E-state index contributed by atoms with van der Waals surface area (Å²) in [6, 6.07) is 7.52. The van der Waals surface area contributed by atoms with E-state index >= 15 is 0 Å². The Labute approximate surface area is 101 Å². The molecular formula is C13H16N2O2. The molecule has 0 saturated carbocycles. The van der Waals surface area contributed by atoms with Gasteiger partial charge in [0, 0.05) is 13.6 Å². The second kappa shape index (κ2) is 5.90. The van der Waals surface area contributed by atoms with Crippen molar-refractivity contribution >= 4 is 5.91 Å². The molecule has 17 heavy (non-hydrogen) atoms. The molecule has 90 valence electrons. The van der Waals surface area contributed by atoms with E-state index in [-0.39, 0.29) is 0 Å². The molecule has 0 bridgehead atoms. The van der Waals surface area contributed by atoms with Gasteiger partial charge in [-0.1, -0.05) is 17.7 Å². The van der Waals surface area contributed by atoms with Crippen molar-refractivity contribution in [3.05, 3.63) is 29.3 Å². The number of amides is 1. The van der Waals surface area contributed by atoms with E-state index in [4.69, 9.17) is 10.00 Å². The number of hydrogen-bond donors (Lipinski definition) is 0. The summed E-state index contributed by atoms with van der Waals surface area (Å²) in [5.41, 5.74) is 2.19. The first kappa shape index (κ1) is 13.0. The molecule has 0 fully saturated rings. The van der Waals surface area contributed by atoms with Crippen molar-refractivity contribution in [3.63, 3.8) is 0 Å². The molecule has 0 saturated heterocycles. The Kier molecular flexibility index (Phi) is 4.53. The molecule has 1 aromatic rings. The summed E-state index contributed by atoms with van der Waals surface area (Å²) in [5, 5.41) is 8.48. The molecule has 0 aliphatic rings. The number of benzene rings is 1. The Hall–Kier alpha value is -2.02. The van der Waals surface area contributed by atoms with Crippen LogP contribution in [-0.2, 0) is 11.2 Å². The molecule has 1 rings (SSSR count). The predicted molar refractivity (Wildman–Crippen MR) is 64.7 cm³/mol. The number of hydrogen-bond acceptors (Lipinski definition) is 3.